The second kappa shape index (κ2) is 5.77. The number of pyridine rings is 1. The third-order valence-electron chi connectivity index (χ3n) is 4.03. The molecule has 0 spiro atoms. The molecular formula is C14H18N4O3S. The maximum atomic E-state index is 12.4. The Morgan fingerprint density at radius 2 is 2.23 bits per heavy atom. The number of piperidine rings is 1. The van der Waals surface area contributed by atoms with E-state index in [-0.39, 0.29) is 11.5 Å². The van der Waals surface area contributed by atoms with Crippen molar-refractivity contribution in [2.45, 2.75) is 19.4 Å². The Balaban J connectivity index is 1.84. The molecule has 0 amide bonds. The van der Waals surface area contributed by atoms with Crippen LogP contribution in [-0.4, -0.2) is 46.6 Å². The maximum absolute atomic E-state index is 12.4. The van der Waals surface area contributed by atoms with E-state index in [2.05, 4.69) is 9.97 Å². The van der Waals surface area contributed by atoms with Crippen LogP contribution in [-0.2, 0) is 16.6 Å². The summed E-state index contributed by atoms with van der Waals surface area (Å²) in [4.78, 5) is 20.7. The summed E-state index contributed by atoms with van der Waals surface area (Å²) in [6, 6.07) is 1.70. The second-order valence-electron chi connectivity index (χ2n) is 5.72. The van der Waals surface area contributed by atoms with E-state index < -0.39 is 10.0 Å². The van der Waals surface area contributed by atoms with Gasteiger partial charge < -0.3 is 0 Å². The van der Waals surface area contributed by atoms with Crippen LogP contribution in [0.3, 0.4) is 0 Å². The minimum atomic E-state index is -3.18. The molecule has 1 aliphatic rings. The summed E-state index contributed by atoms with van der Waals surface area (Å²) in [7, 11) is -3.18. The van der Waals surface area contributed by atoms with Crippen molar-refractivity contribution in [3.8, 4) is 0 Å². The van der Waals surface area contributed by atoms with Gasteiger partial charge in [-0.1, -0.05) is 0 Å². The number of nitrogens with zero attached hydrogens (tertiary/aromatic N) is 4. The highest BCUT2D eigenvalue weighted by Gasteiger charge is 2.26. The molecule has 1 aliphatic heterocycles. The van der Waals surface area contributed by atoms with E-state index in [1.165, 1.54) is 23.1 Å². The van der Waals surface area contributed by atoms with E-state index in [4.69, 9.17) is 0 Å². The van der Waals surface area contributed by atoms with E-state index >= 15 is 0 Å². The normalized spacial score (nSPS) is 20.3. The van der Waals surface area contributed by atoms with Crippen molar-refractivity contribution >= 4 is 20.9 Å². The van der Waals surface area contributed by atoms with Crippen LogP contribution < -0.4 is 5.56 Å². The van der Waals surface area contributed by atoms with Crippen LogP contribution in [0, 0.1) is 5.92 Å². The third-order valence-corrected chi connectivity index (χ3v) is 5.30. The first kappa shape index (κ1) is 15.1. The predicted octanol–water partition coefficient (Wildman–Crippen LogP) is 0.463. The summed E-state index contributed by atoms with van der Waals surface area (Å²) in [5, 5.41) is 0.487. The molecule has 1 fully saturated rings. The zero-order chi connectivity index (χ0) is 15.7. The largest absolute Gasteiger partial charge is 0.298 e. The van der Waals surface area contributed by atoms with Gasteiger partial charge in [0.25, 0.3) is 5.56 Å². The molecule has 0 radical (unpaired) electrons. The number of aromatic nitrogens is 3. The molecule has 0 saturated carbocycles. The van der Waals surface area contributed by atoms with Gasteiger partial charge in [-0.05, 0) is 24.8 Å². The molecule has 3 heterocycles. The van der Waals surface area contributed by atoms with Crippen LogP contribution in [0.1, 0.15) is 12.8 Å². The minimum Gasteiger partial charge on any atom is -0.298 e. The number of sulfonamides is 1. The summed E-state index contributed by atoms with van der Waals surface area (Å²) in [5.74, 6) is 0.122. The highest BCUT2D eigenvalue weighted by molar-refractivity contribution is 7.88. The summed E-state index contributed by atoms with van der Waals surface area (Å²) in [5.41, 5.74) is 0.493. The Morgan fingerprint density at radius 3 is 3.00 bits per heavy atom. The van der Waals surface area contributed by atoms with Crippen LogP contribution in [0.15, 0.2) is 29.6 Å². The number of hydrogen-bond donors (Lipinski definition) is 0. The third kappa shape index (κ3) is 3.02. The van der Waals surface area contributed by atoms with Gasteiger partial charge in [0.15, 0.2) is 0 Å². The number of hydrogen-bond acceptors (Lipinski definition) is 5. The van der Waals surface area contributed by atoms with Gasteiger partial charge >= 0.3 is 0 Å². The molecule has 22 heavy (non-hydrogen) atoms. The van der Waals surface area contributed by atoms with Crippen LogP contribution in [0.5, 0.6) is 0 Å². The Morgan fingerprint density at radius 1 is 1.41 bits per heavy atom. The summed E-state index contributed by atoms with van der Waals surface area (Å²) in [6.07, 6.45) is 7.60. The average molecular weight is 322 g/mol. The topological polar surface area (TPSA) is 85.2 Å². The lowest BCUT2D eigenvalue weighted by molar-refractivity contribution is 0.244. The van der Waals surface area contributed by atoms with Crippen molar-refractivity contribution in [3.63, 3.8) is 0 Å². The molecule has 0 aromatic carbocycles. The van der Waals surface area contributed by atoms with Crippen LogP contribution in [0.4, 0.5) is 0 Å². The number of rotatable bonds is 3. The SMILES string of the molecule is CS(=O)(=O)N1CCC[C@@H](Cn2cnc3ccncc3c2=O)C1. The van der Waals surface area contributed by atoms with E-state index in [9.17, 15) is 13.2 Å². The van der Waals surface area contributed by atoms with Gasteiger partial charge in [-0.3, -0.25) is 14.3 Å². The number of fused-ring (bicyclic) bond motifs is 1. The minimum absolute atomic E-state index is 0.122. The van der Waals surface area contributed by atoms with Crippen molar-refractivity contribution in [1.82, 2.24) is 18.8 Å². The van der Waals surface area contributed by atoms with Crippen molar-refractivity contribution in [1.29, 1.82) is 0 Å². The fourth-order valence-corrected chi connectivity index (χ4v) is 3.83. The average Bonchev–Trinajstić information content (AvgIpc) is 2.50. The van der Waals surface area contributed by atoms with Crippen molar-refractivity contribution < 1.29 is 8.42 Å². The Bertz CT molecular complexity index is 847. The van der Waals surface area contributed by atoms with Gasteiger partial charge in [0.05, 0.1) is 23.5 Å². The Labute approximate surface area is 128 Å². The second-order valence-corrected chi connectivity index (χ2v) is 7.71. The van der Waals surface area contributed by atoms with Gasteiger partial charge in [0, 0.05) is 32.0 Å². The summed E-state index contributed by atoms with van der Waals surface area (Å²) < 4.78 is 26.4. The lowest BCUT2D eigenvalue weighted by Crippen LogP contribution is -2.41. The highest BCUT2D eigenvalue weighted by Crippen LogP contribution is 2.20. The van der Waals surface area contributed by atoms with E-state index in [1.807, 2.05) is 0 Å². The maximum Gasteiger partial charge on any atom is 0.262 e. The first-order valence-electron chi connectivity index (χ1n) is 7.19. The Kier molecular flexibility index (Phi) is 3.96. The van der Waals surface area contributed by atoms with Crippen molar-refractivity contribution in [2.75, 3.05) is 19.3 Å². The van der Waals surface area contributed by atoms with Crippen molar-refractivity contribution in [2.24, 2.45) is 5.92 Å². The van der Waals surface area contributed by atoms with E-state index in [1.54, 1.807) is 16.8 Å². The Hall–Kier alpha value is -1.80. The molecule has 0 aliphatic carbocycles. The van der Waals surface area contributed by atoms with Crippen LogP contribution in [0.25, 0.3) is 10.9 Å². The zero-order valence-electron chi connectivity index (χ0n) is 12.3. The standard InChI is InChI=1S/C14H18N4O3S/c1-22(20,21)18-6-2-3-11(9-18)8-17-10-16-13-4-5-15-7-12(13)14(17)19/h4-5,7,10-11H,2-3,6,8-9H2,1H3/t11-/m0/s1. The molecule has 7 nitrogen and oxygen atoms in total. The first-order valence-corrected chi connectivity index (χ1v) is 9.04. The fraction of sp³-hybridized carbons (Fsp3) is 0.500. The van der Waals surface area contributed by atoms with Crippen molar-refractivity contribution in [3.05, 3.63) is 35.1 Å². The zero-order valence-corrected chi connectivity index (χ0v) is 13.2. The van der Waals surface area contributed by atoms with Gasteiger partial charge in [-0.2, -0.15) is 0 Å². The molecule has 3 rings (SSSR count). The fourth-order valence-electron chi connectivity index (χ4n) is 2.89. The van der Waals surface area contributed by atoms with Gasteiger partial charge in [-0.15, -0.1) is 0 Å². The molecule has 1 saturated heterocycles. The first-order chi connectivity index (χ1) is 10.4. The molecular weight excluding hydrogens is 304 g/mol. The van der Waals surface area contributed by atoms with E-state index in [0.29, 0.717) is 30.5 Å². The lowest BCUT2D eigenvalue weighted by atomic mass is 9.99. The molecule has 2 aromatic heterocycles. The van der Waals surface area contributed by atoms with E-state index in [0.717, 1.165) is 12.8 Å². The quantitative estimate of drug-likeness (QED) is 0.820. The molecule has 0 unspecified atom stereocenters. The lowest BCUT2D eigenvalue weighted by Gasteiger charge is -2.31. The van der Waals surface area contributed by atoms with Crippen LogP contribution >= 0.6 is 0 Å². The molecule has 2 aromatic rings. The molecule has 1 atom stereocenters. The molecule has 0 bridgehead atoms. The summed E-state index contributed by atoms with van der Waals surface area (Å²) >= 11 is 0. The molecule has 8 heteroatoms. The molecule has 118 valence electrons. The summed E-state index contributed by atoms with van der Waals surface area (Å²) in [6.45, 7) is 1.49. The highest BCUT2D eigenvalue weighted by atomic mass is 32.2. The molecule has 0 N–H and O–H groups in total. The monoisotopic (exact) mass is 322 g/mol. The van der Waals surface area contributed by atoms with Gasteiger partial charge in [-0.25, -0.2) is 17.7 Å². The van der Waals surface area contributed by atoms with Crippen LogP contribution in [0.2, 0.25) is 0 Å². The smallest absolute Gasteiger partial charge is 0.262 e. The predicted molar refractivity (Wildman–Crippen MR) is 82.9 cm³/mol. The van der Waals surface area contributed by atoms with Gasteiger partial charge in [0.2, 0.25) is 10.0 Å². The van der Waals surface area contributed by atoms with Gasteiger partial charge in [0.1, 0.15) is 0 Å².